The average Bonchev–Trinajstić information content (AvgIpc) is 2.83. The number of para-hydroxylation sites is 1. The Balaban J connectivity index is 2.19. The van der Waals surface area contributed by atoms with Crippen LogP contribution in [0.25, 0.3) is 10.9 Å². The molecule has 0 aliphatic rings. The van der Waals surface area contributed by atoms with Crippen molar-refractivity contribution in [3.05, 3.63) is 36.0 Å². The largest absolute Gasteiger partial charge is 0.449 e. The van der Waals surface area contributed by atoms with E-state index in [1.165, 1.54) is 0 Å². The highest BCUT2D eigenvalue weighted by Gasteiger charge is 2.15. The van der Waals surface area contributed by atoms with E-state index in [0.717, 1.165) is 10.9 Å². The molecule has 2 aromatic rings. The van der Waals surface area contributed by atoms with E-state index in [4.69, 9.17) is 0 Å². The second kappa shape index (κ2) is 6.10. The first kappa shape index (κ1) is 13.9. The monoisotopic (exact) mass is 275 g/mol. The third-order valence-electron chi connectivity index (χ3n) is 2.91. The molecular formula is C14H17N3O3. The second-order valence-corrected chi connectivity index (χ2v) is 4.13. The first-order chi connectivity index (χ1) is 9.67. The lowest BCUT2D eigenvalue weighted by molar-refractivity contribution is 0.0904. The summed E-state index contributed by atoms with van der Waals surface area (Å²) in [6, 6.07) is 9.53. The zero-order chi connectivity index (χ0) is 14.5. The maximum Gasteiger partial charge on any atom is 0.426 e. The van der Waals surface area contributed by atoms with Crippen LogP contribution in [0.2, 0.25) is 0 Å². The summed E-state index contributed by atoms with van der Waals surface area (Å²) >= 11 is 0. The molecule has 0 fully saturated rings. The van der Waals surface area contributed by atoms with E-state index < -0.39 is 6.09 Å². The summed E-state index contributed by atoms with van der Waals surface area (Å²) in [7, 11) is 0. The third-order valence-corrected chi connectivity index (χ3v) is 2.91. The molecule has 0 atom stereocenters. The molecule has 0 saturated carbocycles. The van der Waals surface area contributed by atoms with E-state index in [1.54, 1.807) is 13.0 Å². The molecule has 0 radical (unpaired) electrons. The van der Waals surface area contributed by atoms with Crippen LogP contribution in [0.3, 0.4) is 0 Å². The summed E-state index contributed by atoms with van der Waals surface area (Å²) in [6.45, 7) is 4.56. The van der Waals surface area contributed by atoms with Crippen molar-refractivity contribution in [3.63, 3.8) is 0 Å². The Kier molecular flexibility index (Phi) is 4.24. The number of benzene rings is 1. The molecule has 2 rings (SSSR count). The molecule has 1 heterocycles. The van der Waals surface area contributed by atoms with Gasteiger partial charge in [-0.2, -0.15) is 0 Å². The van der Waals surface area contributed by atoms with Crippen LogP contribution in [0.15, 0.2) is 30.3 Å². The Morgan fingerprint density at radius 2 is 1.95 bits per heavy atom. The third kappa shape index (κ3) is 2.74. The molecule has 6 heteroatoms. The Bertz CT molecular complexity index is 634. The van der Waals surface area contributed by atoms with Gasteiger partial charge >= 0.3 is 6.09 Å². The Morgan fingerprint density at radius 1 is 1.20 bits per heavy atom. The number of ether oxygens (including phenoxy) is 1. The number of hydrogen-bond donors (Lipinski definition) is 2. The van der Waals surface area contributed by atoms with Gasteiger partial charge in [-0.25, -0.2) is 10.2 Å². The number of hydrogen-bond acceptors (Lipinski definition) is 3. The highest BCUT2D eigenvalue weighted by molar-refractivity contribution is 5.99. The van der Waals surface area contributed by atoms with Crippen LogP contribution in [0.1, 0.15) is 24.3 Å². The molecule has 6 nitrogen and oxygen atoms in total. The van der Waals surface area contributed by atoms with Crippen molar-refractivity contribution < 1.29 is 14.3 Å². The highest BCUT2D eigenvalue weighted by atomic mass is 16.5. The molecule has 1 aromatic heterocycles. The molecule has 106 valence electrons. The molecule has 0 aliphatic carbocycles. The van der Waals surface area contributed by atoms with Crippen molar-refractivity contribution in [2.75, 3.05) is 6.61 Å². The summed E-state index contributed by atoms with van der Waals surface area (Å²) in [4.78, 5) is 23.3. The van der Waals surface area contributed by atoms with Gasteiger partial charge in [-0.05, 0) is 26.0 Å². The average molecular weight is 275 g/mol. The SMILES string of the molecule is CCOC(=O)NNC(=O)c1cc2ccccc2n1CC. The van der Waals surface area contributed by atoms with Gasteiger partial charge in [-0.15, -0.1) is 0 Å². The zero-order valence-electron chi connectivity index (χ0n) is 11.5. The minimum Gasteiger partial charge on any atom is -0.449 e. The van der Waals surface area contributed by atoms with Crippen molar-refractivity contribution in [1.29, 1.82) is 0 Å². The number of nitrogens with one attached hydrogen (secondary N) is 2. The number of aromatic nitrogens is 1. The minimum absolute atomic E-state index is 0.247. The fraction of sp³-hybridized carbons (Fsp3) is 0.286. The summed E-state index contributed by atoms with van der Waals surface area (Å²) in [5, 5.41) is 0.982. The number of amides is 2. The van der Waals surface area contributed by atoms with Crippen LogP contribution in [-0.2, 0) is 11.3 Å². The Hall–Kier alpha value is -2.50. The minimum atomic E-state index is -0.681. The van der Waals surface area contributed by atoms with Gasteiger partial charge in [0.15, 0.2) is 0 Å². The summed E-state index contributed by atoms with van der Waals surface area (Å²) in [5.74, 6) is -0.379. The maximum atomic E-state index is 12.1. The first-order valence-electron chi connectivity index (χ1n) is 6.48. The fourth-order valence-corrected chi connectivity index (χ4v) is 2.08. The van der Waals surface area contributed by atoms with Crippen LogP contribution in [-0.4, -0.2) is 23.2 Å². The molecule has 20 heavy (non-hydrogen) atoms. The predicted octanol–water partition coefficient (Wildman–Crippen LogP) is 2.05. The van der Waals surface area contributed by atoms with E-state index in [-0.39, 0.29) is 12.5 Å². The lowest BCUT2D eigenvalue weighted by atomic mass is 10.2. The number of carbonyl (C=O) groups is 2. The van der Waals surface area contributed by atoms with Crippen molar-refractivity contribution >= 4 is 22.9 Å². The highest BCUT2D eigenvalue weighted by Crippen LogP contribution is 2.19. The van der Waals surface area contributed by atoms with Gasteiger partial charge in [0.05, 0.1) is 6.61 Å². The summed E-state index contributed by atoms with van der Waals surface area (Å²) in [5.41, 5.74) is 6.01. The van der Waals surface area contributed by atoms with Gasteiger partial charge in [-0.1, -0.05) is 18.2 Å². The summed E-state index contributed by atoms with van der Waals surface area (Å²) in [6.07, 6.45) is -0.681. The van der Waals surface area contributed by atoms with Gasteiger partial charge in [0.2, 0.25) is 0 Å². The topological polar surface area (TPSA) is 72.4 Å². The molecule has 0 spiro atoms. The normalized spacial score (nSPS) is 10.3. The molecule has 0 bridgehead atoms. The second-order valence-electron chi connectivity index (χ2n) is 4.13. The van der Waals surface area contributed by atoms with Gasteiger partial charge in [0.1, 0.15) is 5.69 Å². The van der Waals surface area contributed by atoms with E-state index in [0.29, 0.717) is 12.2 Å². The van der Waals surface area contributed by atoms with Crippen LogP contribution in [0.5, 0.6) is 0 Å². The zero-order valence-corrected chi connectivity index (χ0v) is 11.5. The number of nitrogens with zero attached hydrogens (tertiary/aromatic N) is 1. The quantitative estimate of drug-likeness (QED) is 0.842. The van der Waals surface area contributed by atoms with Gasteiger partial charge in [0.25, 0.3) is 5.91 Å². The Labute approximate surface area is 116 Å². The molecule has 2 amide bonds. The number of carbonyl (C=O) groups excluding carboxylic acids is 2. The van der Waals surface area contributed by atoms with Gasteiger partial charge < -0.3 is 9.30 Å². The summed E-state index contributed by atoms with van der Waals surface area (Å²) < 4.78 is 6.56. The van der Waals surface area contributed by atoms with Crippen molar-refractivity contribution in [2.24, 2.45) is 0 Å². The maximum absolute atomic E-state index is 12.1. The van der Waals surface area contributed by atoms with E-state index in [2.05, 4.69) is 15.6 Å². The number of fused-ring (bicyclic) bond motifs is 1. The van der Waals surface area contributed by atoms with Crippen molar-refractivity contribution in [3.8, 4) is 0 Å². The predicted molar refractivity (Wildman–Crippen MR) is 75.2 cm³/mol. The molecule has 0 saturated heterocycles. The van der Waals surface area contributed by atoms with E-state index in [1.807, 2.05) is 35.8 Å². The lowest BCUT2D eigenvalue weighted by Crippen LogP contribution is -2.42. The van der Waals surface area contributed by atoms with Crippen LogP contribution in [0.4, 0.5) is 4.79 Å². The molecule has 0 aliphatic heterocycles. The molecule has 2 N–H and O–H groups in total. The van der Waals surface area contributed by atoms with E-state index >= 15 is 0 Å². The van der Waals surface area contributed by atoms with Crippen LogP contribution < -0.4 is 10.9 Å². The van der Waals surface area contributed by atoms with Crippen molar-refractivity contribution in [1.82, 2.24) is 15.4 Å². The first-order valence-corrected chi connectivity index (χ1v) is 6.48. The standard InChI is InChI=1S/C14H17N3O3/c1-3-17-11-8-6-5-7-10(11)9-12(17)13(18)15-16-14(19)20-4-2/h5-9H,3-4H2,1-2H3,(H,15,18)(H,16,19). The number of rotatable bonds is 3. The van der Waals surface area contributed by atoms with Gasteiger partial charge in [-0.3, -0.25) is 10.2 Å². The molecular weight excluding hydrogens is 258 g/mol. The molecule has 0 unspecified atom stereocenters. The fourth-order valence-electron chi connectivity index (χ4n) is 2.08. The number of hydrazine groups is 1. The molecule has 1 aromatic carbocycles. The van der Waals surface area contributed by atoms with Crippen LogP contribution >= 0.6 is 0 Å². The van der Waals surface area contributed by atoms with Crippen LogP contribution in [0, 0.1) is 0 Å². The van der Waals surface area contributed by atoms with Gasteiger partial charge in [0, 0.05) is 17.4 Å². The Morgan fingerprint density at radius 3 is 2.65 bits per heavy atom. The lowest BCUT2D eigenvalue weighted by Gasteiger charge is -2.09. The van der Waals surface area contributed by atoms with Crippen molar-refractivity contribution in [2.45, 2.75) is 20.4 Å². The van der Waals surface area contributed by atoms with E-state index in [9.17, 15) is 9.59 Å². The smallest absolute Gasteiger partial charge is 0.426 e. The number of aryl methyl sites for hydroxylation is 1.